The van der Waals surface area contributed by atoms with Crippen LogP contribution in [-0.2, 0) is 65.4 Å². The Bertz CT molecular complexity index is 2050. The Morgan fingerprint density at radius 2 is 0.430 bits per heavy atom. The number of unbranched alkanes of at least 4 members (excludes halogenated alkanes) is 57. The van der Waals surface area contributed by atoms with Crippen LogP contribution >= 0.6 is 15.6 Å². The smallest absolute Gasteiger partial charge is 0.462 e. The van der Waals surface area contributed by atoms with Crippen LogP contribution in [-0.4, -0.2) is 96.7 Å². The molecule has 5 atom stereocenters. The zero-order valence-electron chi connectivity index (χ0n) is 70.5. The van der Waals surface area contributed by atoms with E-state index < -0.39 is 97.5 Å². The summed E-state index contributed by atoms with van der Waals surface area (Å²) in [5, 5.41) is 10.7. The molecule has 2 unspecified atom stereocenters. The maximum absolute atomic E-state index is 13.2. The Labute approximate surface area is 658 Å². The lowest BCUT2D eigenvalue weighted by molar-refractivity contribution is -0.161. The minimum Gasteiger partial charge on any atom is -0.462 e. The first-order valence-corrected chi connectivity index (χ1v) is 48.5. The second kappa shape index (κ2) is 79.3. The minimum absolute atomic E-state index is 0.107. The van der Waals surface area contributed by atoms with Crippen LogP contribution in [0.1, 0.15) is 472 Å². The molecule has 0 fully saturated rings. The molecule has 0 radical (unpaired) electrons. The Kier molecular flexibility index (Phi) is 77.9. The zero-order valence-corrected chi connectivity index (χ0v) is 72.2. The second-order valence-corrected chi connectivity index (χ2v) is 35.5. The maximum Gasteiger partial charge on any atom is 0.472 e. The summed E-state index contributed by atoms with van der Waals surface area (Å²) in [5.41, 5.74) is 0. The molecule has 107 heavy (non-hydrogen) atoms. The number of phosphoric ester groups is 2. The third kappa shape index (κ3) is 81.9. The molecule has 0 heterocycles. The van der Waals surface area contributed by atoms with Gasteiger partial charge in [-0.15, -0.1) is 0 Å². The molecule has 19 heteroatoms. The van der Waals surface area contributed by atoms with Crippen molar-refractivity contribution in [3.8, 4) is 0 Å². The number of aliphatic hydroxyl groups is 1. The normalized spacial score (nSPS) is 13.8. The highest BCUT2D eigenvalue weighted by atomic mass is 31.2. The van der Waals surface area contributed by atoms with Gasteiger partial charge in [0.05, 0.1) is 26.4 Å². The number of aliphatic hydroxyl groups excluding tert-OH is 1. The van der Waals surface area contributed by atoms with Crippen LogP contribution in [0.15, 0.2) is 0 Å². The third-order valence-corrected chi connectivity index (χ3v) is 22.6. The number of hydrogen-bond acceptors (Lipinski definition) is 15. The number of rotatable bonds is 87. The summed E-state index contributed by atoms with van der Waals surface area (Å²) in [5.74, 6) is -0.502. The van der Waals surface area contributed by atoms with Crippen molar-refractivity contribution in [2.45, 2.75) is 490 Å². The summed E-state index contributed by atoms with van der Waals surface area (Å²) < 4.78 is 68.9. The van der Waals surface area contributed by atoms with Gasteiger partial charge >= 0.3 is 39.5 Å². The van der Waals surface area contributed by atoms with Gasteiger partial charge in [0.15, 0.2) is 12.2 Å². The second-order valence-electron chi connectivity index (χ2n) is 32.6. The molecule has 17 nitrogen and oxygen atoms in total. The SMILES string of the molecule is CCCCCCCCCCCCCCCCCCCCCCCCC(=O)O[C@H](COC(=O)CCCCCCCCCCCCCCCCCCCCC(C)C)COP(=O)(O)OC[C@@H](O)COP(=O)(O)OC[C@@H](COC(=O)CCCCCCCCCCC)OC(=O)CCCCCCCCCCCCCCC(C)C. The average molecular weight is 1560 g/mol. The molecule has 0 saturated heterocycles. The molecule has 0 aliphatic rings. The number of carbonyl (C=O) groups excluding carboxylic acids is 4. The number of hydrogen-bond donors (Lipinski definition) is 3. The summed E-state index contributed by atoms with van der Waals surface area (Å²) in [6.07, 6.45) is 72.4. The summed E-state index contributed by atoms with van der Waals surface area (Å²) in [4.78, 5) is 73.2. The first kappa shape index (κ1) is 105. The van der Waals surface area contributed by atoms with E-state index in [2.05, 4.69) is 41.5 Å². The van der Waals surface area contributed by atoms with E-state index in [4.69, 9.17) is 37.0 Å². The predicted molar refractivity (Wildman–Crippen MR) is 442 cm³/mol. The molecule has 0 bridgehead atoms. The number of ether oxygens (including phenoxy) is 4. The molecule has 0 aliphatic carbocycles. The average Bonchev–Trinajstić information content (AvgIpc) is 0.945. The van der Waals surface area contributed by atoms with Gasteiger partial charge in [0.25, 0.3) is 0 Å². The molecular weight excluding hydrogens is 1390 g/mol. The Morgan fingerprint density at radius 3 is 0.636 bits per heavy atom. The fourth-order valence-electron chi connectivity index (χ4n) is 13.8. The molecule has 0 aromatic carbocycles. The first-order valence-electron chi connectivity index (χ1n) is 45.5. The molecule has 0 spiro atoms. The van der Waals surface area contributed by atoms with Gasteiger partial charge in [-0.25, -0.2) is 9.13 Å². The quantitative estimate of drug-likeness (QED) is 0.0222. The standard InChI is InChI=1S/C88H172O17P2/c1-7-9-11-13-15-17-18-19-20-21-22-23-24-25-30-33-36-42-48-54-60-66-72-87(92)105-84(77-99-86(91)71-65-59-53-47-41-35-32-29-27-26-28-31-34-39-45-50-56-62-68-80(3)4)79-103-107(96,97)101-75-82(89)74-100-106(94,95)102-78-83(76-98-85(90)70-64-58-52-44-16-14-12-10-8-2)104-88(93)73-67-61-55-49-43-38-37-40-46-51-57-63-69-81(5)6/h80-84,89H,7-79H2,1-6H3,(H,94,95)(H,96,97)/t82-,83+,84+/m0/s1. The van der Waals surface area contributed by atoms with Crippen LogP contribution in [0, 0.1) is 11.8 Å². The monoisotopic (exact) mass is 1560 g/mol. The van der Waals surface area contributed by atoms with E-state index in [1.807, 2.05) is 0 Å². The van der Waals surface area contributed by atoms with E-state index in [9.17, 15) is 43.2 Å². The lowest BCUT2D eigenvalue weighted by atomic mass is 10.0. The van der Waals surface area contributed by atoms with Crippen molar-refractivity contribution in [1.29, 1.82) is 0 Å². The van der Waals surface area contributed by atoms with Crippen molar-refractivity contribution in [2.75, 3.05) is 39.6 Å². The fraction of sp³-hybridized carbons (Fsp3) is 0.955. The molecule has 0 amide bonds. The van der Waals surface area contributed by atoms with Crippen LogP contribution in [0.5, 0.6) is 0 Å². The molecule has 0 aromatic heterocycles. The number of phosphoric acid groups is 2. The molecule has 3 N–H and O–H groups in total. The molecule has 0 aromatic rings. The summed E-state index contributed by atoms with van der Waals surface area (Å²) >= 11 is 0. The van der Waals surface area contributed by atoms with E-state index in [1.165, 1.54) is 289 Å². The fourth-order valence-corrected chi connectivity index (χ4v) is 15.4. The van der Waals surface area contributed by atoms with Crippen LogP contribution in [0.2, 0.25) is 0 Å². The van der Waals surface area contributed by atoms with Crippen molar-refractivity contribution < 1.29 is 80.2 Å². The number of carbonyl (C=O) groups is 4. The van der Waals surface area contributed by atoms with Gasteiger partial charge in [-0.3, -0.25) is 37.3 Å². The molecule has 0 rings (SSSR count). The summed E-state index contributed by atoms with van der Waals surface area (Å²) in [7, 11) is -9.93. The third-order valence-electron chi connectivity index (χ3n) is 20.7. The molecule has 636 valence electrons. The Morgan fingerprint density at radius 1 is 0.252 bits per heavy atom. The number of esters is 4. The Balaban J connectivity index is 5.19. The van der Waals surface area contributed by atoms with E-state index in [0.717, 1.165) is 102 Å². The summed E-state index contributed by atoms with van der Waals surface area (Å²) in [6.45, 7) is 9.70. The van der Waals surface area contributed by atoms with E-state index in [0.29, 0.717) is 25.7 Å². The molecule has 0 aliphatic heterocycles. The van der Waals surface area contributed by atoms with E-state index in [1.54, 1.807) is 0 Å². The Hall–Kier alpha value is -1.94. The van der Waals surface area contributed by atoms with Crippen molar-refractivity contribution in [3.05, 3.63) is 0 Å². The highest BCUT2D eigenvalue weighted by molar-refractivity contribution is 7.47. The maximum atomic E-state index is 13.2. The van der Waals surface area contributed by atoms with Gasteiger partial charge in [-0.05, 0) is 37.5 Å². The van der Waals surface area contributed by atoms with E-state index >= 15 is 0 Å². The lowest BCUT2D eigenvalue weighted by Gasteiger charge is -2.21. The van der Waals surface area contributed by atoms with Crippen LogP contribution < -0.4 is 0 Å². The van der Waals surface area contributed by atoms with Gasteiger partial charge in [-0.2, -0.15) is 0 Å². The van der Waals surface area contributed by atoms with Gasteiger partial charge < -0.3 is 33.8 Å². The van der Waals surface area contributed by atoms with Crippen molar-refractivity contribution in [1.82, 2.24) is 0 Å². The van der Waals surface area contributed by atoms with Crippen LogP contribution in [0.25, 0.3) is 0 Å². The highest BCUT2D eigenvalue weighted by Crippen LogP contribution is 2.45. The highest BCUT2D eigenvalue weighted by Gasteiger charge is 2.30. The van der Waals surface area contributed by atoms with E-state index in [-0.39, 0.29) is 25.7 Å². The van der Waals surface area contributed by atoms with Crippen molar-refractivity contribution >= 4 is 39.5 Å². The van der Waals surface area contributed by atoms with Gasteiger partial charge in [-0.1, -0.05) is 420 Å². The van der Waals surface area contributed by atoms with Gasteiger partial charge in [0, 0.05) is 25.7 Å². The van der Waals surface area contributed by atoms with Crippen LogP contribution in [0.3, 0.4) is 0 Å². The van der Waals surface area contributed by atoms with Crippen LogP contribution in [0.4, 0.5) is 0 Å². The molecule has 0 saturated carbocycles. The lowest BCUT2D eigenvalue weighted by Crippen LogP contribution is -2.30. The predicted octanol–water partition coefficient (Wildman–Crippen LogP) is 27.0. The van der Waals surface area contributed by atoms with Crippen molar-refractivity contribution in [2.24, 2.45) is 11.8 Å². The largest absolute Gasteiger partial charge is 0.472 e. The molecular formula is C88H172O17P2. The van der Waals surface area contributed by atoms with Gasteiger partial charge in [0.2, 0.25) is 0 Å². The summed E-state index contributed by atoms with van der Waals surface area (Å²) in [6, 6.07) is 0. The van der Waals surface area contributed by atoms with Gasteiger partial charge in [0.1, 0.15) is 19.3 Å². The topological polar surface area (TPSA) is 237 Å². The van der Waals surface area contributed by atoms with Crippen molar-refractivity contribution in [3.63, 3.8) is 0 Å². The first-order chi connectivity index (χ1) is 51.9. The zero-order chi connectivity index (χ0) is 78.5. The minimum atomic E-state index is -4.97.